The van der Waals surface area contributed by atoms with Gasteiger partial charge in [0.2, 0.25) is 0 Å². The van der Waals surface area contributed by atoms with Crippen molar-refractivity contribution in [1.29, 1.82) is 0 Å². The molecule has 0 atom stereocenters. The first-order chi connectivity index (χ1) is 13.5. The summed E-state index contributed by atoms with van der Waals surface area (Å²) in [5.41, 5.74) is 0. The summed E-state index contributed by atoms with van der Waals surface area (Å²) in [4.78, 5) is 23.3. The zero-order valence-corrected chi connectivity index (χ0v) is 17.8. The molecule has 0 fully saturated rings. The van der Waals surface area contributed by atoms with E-state index in [1.165, 1.54) is 50.7 Å². The van der Waals surface area contributed by atoms with Crippen molar-refractivity contribution < 1.29 is 19.1 Å². The Labute approximate surface area is 177 Å². The predicted octanol–water partition coefficient (Wildman–Crippen LogP) is 6.70. The highest BCUT2D eigenvalue weighted by Gasteiger charge is 2.07. The quantitative estimate of drug-likeness (QED) is 0.116. The topological polar surface area (TPSA) is 52.6 Å². The van der Waals surface area contributed by atoms with Gasteiger partial charge in [-0.2, -0.15) is 0 Å². The molecule has 0 saturated heterocycles. The number of carbonyl (C=O) groups is 2. The Morgan fingerprint density at radius 1 is 0.929 bits per heavy atom. The lowest BCUT2D eigenvalue weighted by Crippen LogP contribution is -2.07. The molecule has 0 aliphatic heterocycles. The average Bonchev–Trinajstić information content (AvgIpc) is 2.66. The standard InChI is InChI=1S/C22H28Cl2O4/c1-2-3-4-5-6-7-8-9-10-11-16-27-21(25)14-15-22(26)28-20-13-12-18(23)17-19(20)24/h10-15,17H,2-9,16H2,1H3/b11-10+,15-14+. The summed E-state index contributed by atoms with van der Waals surface area (Å²) >= 11 is 11.7. The minimum Gasteiger partial charge on any atom is -0.458 e. The Bertz CT molecular complexity index is 669. The zero-order chi connectivity index (χ0) is 20.6. The lowest BCUT2D eigenvalue weighted by atomic mass is 10.1. The van der Waals surface area contributed by atoms with E-state index < -0.39 is 11.9 Å². The van der Waals surface area contributed by atoms with Crippen LogP contribution >= 0.6 is 23.2 Å². The molecule has 0 amide bonds. The number of ether oxygens (including phenoxy) is 2. The molecule has 0 spiro atoms. The lowest BCUT2D eigenvalue weighted by Gasteiger charge is -2.03. The Morgan fingerprint density at radius 3 is 2.32 bits per heavy atom. The third kappa shape index (κ3) is 11.8. The predicted molar refractivity (Wildman–Crippen MR) is 114 cm³/mol. The summed E-state index contributed by atoms with van der Waals surface area (Å²) in [6, 6.07) is 4.49. The largest absolute Gasteiger partial charge is 0.458 e. The minimum absolute atomic E-state index is 0.169. The van der Waals surface area contributed by atoms with Gasteiger partial charge in [-0.15, -0.1) is 0 Å². The van der Waals surface area contributed by atoms with Gasteiger partial charge in [0.25, 0.3) is 0 Å². The molecule has 0 N–H and O–H groups in total. The Morgan fingerprint density at radius 2 is 1.61 bits per heavy atom. The first-order valence-electron chi connectivity index (χ1n) is 9.69. The van der Waals surface area contributed by atoms with Crippen molar-refractivity contribution in [1.82, 2.24) is 0 Å². The number of carbonyl (C=O) groups excluding carboxylic acids is 2. The van der Waals surface area contributed by atoms with Crippen LogP contribution in [0.25, 0.3) is 0 Å². The molecule has 0 unspecified atom stereocenters. The molecule has 0 aliphatic rings. The van der Waals surface area contributed by atoms with Gasteiger partial charge >= 0.3 is 11.9 Å². The fourth-order valence-electron chi connectivity index (χ4n) is 2.42. The van der Waals surface area contributed by atoms with Gasteiger partial charge in [-0.1, -0.05) is 80.8 Å². The lowest BCUT2D eigenvalue weighted by molar-refractivity contribution is -0.137. The molecule has 1 aromatic rings. The number of benzene rings is 1. The van der Waals surface area contributed by atoms with E-state index in [0.717, 1.165) is 25.0 Å². The second-order valence-corrected chi connectivity index (χ2v) is 7.18. The summed E-state index contributed by atoms with van der Waals surface area (Å²) in [7, 11) is 0. The molecule has 0 heterocycles. The maximum atomic E-state index is 11.7. The third-order valence-corrected chi connectivity index (χ3v) is 4.45. The van der Waals surface area contributed by atoms with Crippen molar-refractivity contribution >= 4 is 35.1 Å². The van der Waals surface area contributed by atoms with E-state index in [-0.39, 0.29) is 17.4 Å². The van der Waals surface area contributed by atoms with Crippen LogP contribution in [-0.4, -0.2) is 18.5 Å². The second kappa shape index (κ2) is 15.2. The van der Waals surface area contributed by atoms with E-state index in [1.54, 1.807) is 6.07 Å². The molecule has 4 nitrogen and oxygen atoms in total. The van der Waals surface area contributed by atoms with Crippen LogP contribution in [0.4, 0.5) is 0 Å². The summed E-state index contributed by atoms with van der Waals surface area (Å²) < 4.78 is 10.0. The molecule has 6 heteroatoms. The van der Waals surface area contributed by atoms with Gasteiger partial charge < -0.3 is 9.47 Å². The van der Waals surface area contributed by atoms with E-state index in [1.807, 2.05) is 12.2 Å². The maximum Gasteiger partial charge on any atom is 0.336 e. The molecule has 28 heavy (non-hydrogen) atoms. The van der Waals surface area contributed by atoms with Crippen LogP contribution in [0.3, 0.4) is 0 Å². The summed E-state index contributed by atoms with van der Waals surface area (Å²) in [6.45, 7) is 2.40. The molecule has 1 aromatic carbocycles. The van der Waals surface area contributed by atoms with Gasteiger partial charge in [0.05, 0.1) is 5.02 Å². The Balaban J connectivity index is 2.14. The van der Waals surface area contributed by atoms with E-state index in [9.17, 15) is 9.59 Å². The minimum atomic E-state index is -0.726. The molecule has 0 aromatic heterocycles. The number of hydrogen-bond donors (Lipinski definition) is 0. The van der Waals surface area contributed by atoms with E-state index >= 15 is 0 Å². The first-order valence-corrected chi connectivity index (χ1v) is 10.4. The van der Waals surface area contributed by atoms with Crippen LogP contribution < -0.4 is 4.74 Å². The van der Waals surface area contributed by atoms with Gasteiger partial charge in [-0.3, -0.25) is 0 Å². The number of halogens is 2. The molecule has 0 radical (unpaired) electrons. The van der Waals surface area contributed by atoms with E-state index in [0.29, 0.717) is 5.02 Å². The fraction of sp³-hybridized carbons (Fsp3) is 0.455. The van der Waals surface area contributed by atoms with Crippen LogP contribution in [0.2, 0.25) is 10.0 Å². The normalized spacial score (nSPS) is 11.2. The van der Waals surface area contributed by atoms with Crippen molar-refractivity contribution in [2.45, 2.75) is 58.3 Å². The molecule has 0 bridgehead atoms. The summed E-state index contributed by atoms with van der Waals surface area (Å²) in [6.07, 6.45) is 15.7. The van der Waals surface area contributed by atoms with Crippen LogP contribution in [-0.2, 0) is 14.3 Å². The highest BCUT2D eigenvalue weighted by atomic mass is 35.5. The highest BCUT2D eigenvalue weighted by molar-refractivity contribution is 6.35. The van der Waals surface area contributed by atoms with Crippen molar-refractivity contribution in [2.24, 2.45) is 0 Å². The smallest absolute Gasteiger partial charge is 0.336 e. The van der Waals surface area contributed by atoms with Crippen molar-refractivity contribution in [3.63, 3.8) is 0 Å². The maximum absolute atomic E-state index is 11.7. The van der Waals surface area contributed by atoms with Crippen molar-refractivity contribution in [3.8, 4) is 5.75 Å². The molecule has 0 aliphatic carbocycles. The molecule has 154 valence electrons. The van der Waals surface area contributed by atoms with Crippen LogP contribution in [0.15, 0.2) is 42.5 Å². The second-order valence-electron chi connectivity index (χ2n) is 6.34. The van der Waals surface area contributed by atoms with Crippen LogP contribution in [0.5, 0.6) is 5.75 Å². The molecule has 1 rings (SSSR count). The number of esters is 2. The molecular formula is C22H28Cl2O4. The van der Waals surface area contributed by atoms with Crippen molar-refractivity contribution in [2.75, 3.05) is 6.61 Å². The van der Waals surface area contributed by atoms with Crippen molar-refractivity contribution in [3.05, 3.63) is 52.5 Å². The van der Waals surface area contributed by atoms with Crippen LogP contribution in [0.1, 0.15) is 58.3 Å². The fourth-order valence-corrected chi connectivity index (χ4v) is 2.87. The monoisotopic (exact) mass is 426 g/mol. The number of hydrogen-bond acceptors (Lipinski definition) is 4. The van der Waals surface area contributed by atoms with Crippen LogP contribution in [0, 0.1) is 0 Å². The Hall–Kier alpha value is -1.78. The zero-order valence-electron chi connectivity index (χ0n) is 16.3. The molecule has 0 saturated carbocycles. The van der Waals surface area contributed by atoms with E-state index in [2.05, 4.69) is 6.92 Å². The SMILES string of the molecule is CCCCCCCCC/C=C/COC(=O)/C=C/C(=O)Oc1ccc(Cl)cc1Cl. The van der Waals surface area contributed by atoms with Gasteiger partial charge in [0.1, 0.15) is 12.4 Å². The first kappa shape index (κ1) is 24.3. The summed E-state index contributed by atoms with van der Waals surface area (Å²) in [5.74, 6) is -1.17. The van der Waals surface area contributed by atoms with Gasteiger partial charge in [0, 0.05) is 17.2 Å². The average molecular weight is 427 g/mol. The summed E-state index contributed by atoms with van der Waals surface area (Å²) in [5, 5.41) is 0.645. The van der Waals surface area contributed by atoms with E-state index in [4.69, 9.17) is 32.7 Å². The Kier molecular flexibility index (Phi) is 13.2. The van der Waals surface area contributed by atoms with Gasteiger partial charge in [-0.05, 0) is 31.0 Å². The highest BCUT2D eigenvalue weighted by Crippen LogP contribution is 2.27. The third-order valence-electron chi connectivity index (χ3n) is 3.92. The van der Waals surface area contributed by atoms with Gasteiger partial charge in [-0.25, -0.2) is 9.59 Å². The number of rotatable bonds is 13. The number of allylic oxidation sites excluding steroid dienone is 1. The van der Waals surface area contributed by atoms with Gasteiger partial charge in [0.15, 0.2) is 0 Å². The number of unbranched alkanes of at least 4 members (excludes halogenated alkanes) is 7. The molecular weight excluding hydrogens is 399 g/mol.